The number of hydrogen-bond acceptors (Lipinski definition) is 0. The highest BCUT2D eigenvalue weighted by Gasteiger charge is 1.93. The molecule has 0 aliphatic heterocycles. The van der Waals surface area contributed by atoms with Gasteiger partial charge in [-0.1, -0.05) is 36.9 Å². The first-order valence-electron chi connectivity index (χ1n) is 3.20. The van der Waals surface area contributed by atoms with Crippen molar-refractivity contribution in [3.63, 3.8) is 0 Å². The summed E-state index contributed by atoms with van der Waals surface area (Å²) in [4.78, 5) is 0.933. The van der Waals surface area contributed by atoms with E-state index in [0.717, 1.165) is 11.3 Å². The van der Waals surface area contributed by atoms with E-state index in [1.54, 1.807) is 0 Å². The molecule has 0 heterocycles. The van der Waals surface area contributed by atoms with Gasteiger partial charge in [0.25, 0.3) is 0 Å². The van der Waals surface area contributed by atoms with Crippen molar-refractivity contribution < 1.29 is 0 Å². The summed E-state index contributed by atoms with van der Waals surface area (Å²) in [6.07, 6.45) is 2.74. The van der Waals surface area contributed by atoms with E-state index >= 15 is 0 Å². The van der Waals surface area contributed by atoms with Crippen LogP contribution in [0, 0.1) is 0 Å². The number of benzene rings is 1. The molecule has 0 saturated heterocycles. The maximum absolute atomic E-state index is 5.07. The lowest BCUT2D eigenvalue weighted by Gasteiger charge is -1.97. The lowest BCUT2D eigenvalue weighted by atomic mass is 10.1. The molecule has 0 N–H and O–H groups in total. The first-order valence-corrected chi connectivity index (χ1v) is 3.61. The van der Waals surface area contributed by atoms with E-state index in [1.165, 1.54) is 5.56 Å². The Morgan fingerprint density at radius 1 is 1.40 bits per heavy atom. The second-order valence-electron chi connectivity index (χ2n) is 2.10. The van der Waals surface area contributed by atoms with Crippen LogP contribution in [-0.2, 0) is 6.42 Å². The minimum absolute atomic E-state index is 0.875. The van der Waals surface area contributed by atoms with Gasteiger partial charge in [0.2, 0.25) is 0 Å². The van der Waals surface area contributed by atoms with Crippen molar-refractivity contribution in [1.29, 1.82) is 0 Å². The van der Waals surface area contributed by atoms with E-state index in [9.17, 15) is 0 Å². The zero-order valence-corrected chi connectivity index (χ0v) is 6.53. The summed E-state index contributed by atoms with van der Waals surface area (Å²) in [5, 5.41) is 0. The fraction of sp³-hybridized carbons (Fsp3) is 0.111. The Morgan fingerprint density at radius 3 is 2.70 bits per heavy atom. The summed E-state index contributed by atoms with van der Waals surface area (Å²) in [7, 11) is 0. The van der Waals surface area contributed by atoms with Gasteiger partial charge in [0.05, 0.1) is 0 Å². The Kier molecular flexibility index (Phi) is 2.46. The van der Waals surface area contributed by atoms with Crippen LogP contribution in [0.3, 0.4) is 0 Å². The Balaban J connectivity index is 2.91. The number of hydrogen-bond donors (Lipinski definition) is 0. The molecule has 0 unspecified atom stereocenters. The largest absolute Gasteiger partial charge is 0.103 e. The molecule has 0 atom stereocenters. The lowest BCUT2D eigenvalue weighted by Crippen LogP contribution is -1.80. The van der Waals surface area contributed by atoms with Crippen LogP contribution >= 0.6 is 12.6 Å². The van der Waals surface area contributed by atoms with Crippen LogP contribution in [0.4, 0.5) is 0 Å². The Morgan fingerprint density at radius 2 is 2.10 bits per heavy atom. The minimum atomic E-state index is 0.875. The van der Waals surface area contributed by atoms with Crippen LogP contribution in [0.5, 0.6) is 0 Å². The van der Waals surface area contributed by atoms with E-state index in [4.69, 9.17) is 12.6 Å². The van der Waals surface area contributed by atoms with Crippen LogP contribution in [0.1, 0.15) is 5.56 Å². The van der Waals surface area contributed by atoms with Gasteiger partial charge < -0.3 is 0 Å². The summed E-state index contributed by atoms with van der Waals surface area (Å²) >= 11 is 5.07. The van der Waals surface area contributed by atoms with Crippen LogP contribution in [0.15, 0.2) is 41.8 Å². The summed E-state index contributed by atoms with van der Waals surface area (Å²) < 4.78 is 0. The molecule has 0 bridgehead atoms. The number of rotatable bonds is 2. The van der Waals surface area contributed by atoms with Gasteiger partial charge in [-0.3, -0.25) is 0 Å². The Labute approximate surface area is 67.0 Å². The maximum Gasteiger partial charge on any atom is 0.0412 e. The molecule has 0 aliphatic rings. The molecule has 51 valence electrons. The molecule has 0 saturated carbocycles. The third kappa shape index (κ3) is 1.58. The van der Waals surface area contributed by atoms with Crippen LogP contribution < -0.4 is 0 Å². The smallest absolute Gasteiger partial charge is 0.0412 e. The molecule has 0 spiro atoms. The first kappa shape index (κ1) is 7.29. The first-order chi connectivity index (χ1) is 4.84. The highest BCUT2D eigenvalue weighted by Crippen LogP contribution is 2.12. The molecule has 1 aromatic rings. The molecular weight excluding hydrogens is 140 g/mol. The highest BCUT2D eigenvalue weighted by atomic mass is 32.1. The van der Waals surface area contributed by atoms with Crippen molar-refractivity contribution in [2.24, 2.45) is 0 Å². The molecule has 0 nitrogen and oxygen atoms in total. The Bertz CT molecular complexity index is 228. The van der Waals surface area contributed by atoms with Gasteiger partial charge in [-0.2, -0.15) is 0 Å². The quantitative estimate of drug-likeness (QED) is 0.567. The SMILES string of the molecule is C=CCc1ccccc1[S]. The van der Waals surface area contributed by atoms with Gasteiger partial charge in [0, 0.05) is 4.90 Å². The van der Waals surface area contributed by atoms with Crippen LogP contribution in [0.2, 0.25) is 0 Å². The highest BCUT2D eigenvalue weighted by molar-refractivity contribution is 7.80. The summed E-state index contributed by atoms with van der Waals surface area (Å²) in [5.41, 5.74) is 1.19. The normalized spacial score (nSPS) is 9.20. The third-order valence-corrected chi connectivity index (χ3v) is 1.74. The van der Waals surface area contributed by atoms with Crippen molar-refractivity contribution in [2.75, 3.05) is 0 Å². The van der Waals surface area contributed by atoms with Crippen LogP contribution in [-0.4, -0.2) is 0 Å². The number of allylic oxidation sites excluding steroid dienone is 1. The zero-order chi connectivity index (χ0) is 7.40. The maximum atomic E-state index is 5.07. The van der Waals surface area contributed by atoms with E-state index in [1.807, 2.05) is 30.3 Å². The van der Waals surface area contributed by atoms with Gasteiger partial charge >= 0.3 is 0 Å². The zero-order valence-electron chi connectivity index (χ0n) is 5.71. The summed E-state index contributed by atoms with van der Waals surface area (Å²) in [5.74, 6) is 0. The van der Waals surface area contributed by atoms with E-state index in [2.05, 4.69) is 6.58 Å². The van der Waals surface area contributed by atoms with Crippen molar-refractivity contribution in [1.82, 2.24) is 0 Å². The molecule has 0 fully saturated rings. The molecule has 1 aromatic carbocycles. The second kappa shape index (κ2) is 3.37. The third-order valence-electron chi connectivity index (χ3n) is 1.34. The minimum Gasteiger partial charge on any atom is -0.103 e. The van der Waals surface area contributed by atoms with E-state index < -0.39 is 0 Å². The molecule has 0 aliphatic carbocycles. The fourth-order valence-corrected chi connectivity index (χ4v) is 1.06. The Hall–Kier alpha value is -0.820. The summed E-state index contributed by atoms with van der Waals surface area (Å²) in [6, 6.07) is 7.92. The van der Waals surface area contributed by atoms with Crippen molar-refractivity contribution in [3.8, 4) is 0 Å². The molecule has 0 amide bonds. The van der Waals surface area contributed by atoms with Gasteiger partial charge in [-0.15, -0.1) is 6.58 Å². The predicted molar refractivity (Wildman–Crippen MR) is 46.2 cm³/mol. The monoisotopic (exact) mass is 149 g/mol. The van der Waals surface area contributed by atoms with E-state index in [0.29, 0.717) is 0 Å². The van der Waals surface area contributed by atoms with Crippen molar-refractivity contribution >= 4 is 12.6 Å². The topological polar surface area (TPSA) is 0 Å². The standard InChI is InChI=1S/C9H9S/c1-2-5-8-6-3-4-7-9(8)10/h2-4,6-7H,1,5H2. The lowest BCUT2D eigenvalue weighted by molar-refractivity contribution is 1.19. The second-order valence-corrected chi connectivity index (χ2v) is 2.54. The molecular formula is C9H9S. The molecule has 1 rings (SSSR count). The molecule has 1 radical (unpaired) electrons. The van der Waals surface area contributed by atoms with Gasteiger partial charge in [-0.05, 0) is 18.1 Å². The molecule has 0 aromatic heterocycles. The summed E-state index contributed by atoms with van der Waals surface area (Å²) in [6.45, 7) is 3.65. The van der Waals surface area contributed by atoms with Crippen molar-refractivity contribution in [2.45, 2.75) is 11.3 Å². The predicted octanol–water partition coefficient (Wildman–Crippen LogP) is 2.97. The average molecular weight is 149 g/mol. The van der Waals surface area contributed by atoms with Gasteiger partial charge in [0.15, 0.2) is 0 Å². The average Bonchev–Trinajstić information content (AvgIpc) is 1.94. The molecule has 1 heteroatoms. The van der Waals surface area contributed by atoms with E-state index in [-0.39, 0.29) is 0 Å². The fourth-order valence-electron chi connectivity index (χ4n) is 0.828. The van der Waals surface area contributed by atoms with Gasteiger partial charge in [0.1, 0.15) is 0 Å². The van der Waals surface area contributed by atoms with Crippen molar-refractivity contribution in [3.05, 3.63) is 42.5 Å². The molecule has 10 heavy (non-hydrogen) atoms. The van der Waals surface area contributed by atoms with Gasteiger partial charge in [-0.25, -0.2) is 0 Å². The van der Waals surface area contributed by atoms with Crippen LogP contribution in [0.25, 0.3) is 0 Å².